The SMILES string of the molecule is Cc1cc2nc(C)n(CCCc3ccccc3)c2cc1C. The van der Waals surface area contributed by atoms with Gasteiger partial charge in [0, 0.05) is 6.54 Å². The number of hydrogen-bond donors (Lipinski definition) is 0. The summed E-state index contributed by atoms with van der Waals surface area (Å²) in [7, 11) is 0. The van der Waals surface area contributed by atoms with Gasteiger partial charge in [-0.3, -0.25) is 0 Å². The van der Waals surface area contributed by atoms with E-state index in [1.807, 2.05) is 0 Å². The van der Waals surface area contributed by atoms with Crippen LogP contribution < -0.4 is 0 Å². The molecule has 3 aromatic rings. The highest BCUT2D eigenvalue weighted by Crippen LogP contribution is 2.21. The van der Waals surface area contributed by atoms with Gasteiger partial charge >= 0.3 is 0 Å². The zero-order valence-corrected chi connectivity index (χ0v) is 13.1. The molecule has 0 bridgehead atoms. The first-order valence-electron chi connectivity index (χ1n) is 7.63. The van der Waals surface area contributed by atoms with Crippen LogP contribution in [0.2, 0.25) is 0 Å². The zero-order valence-electron chi connectivity index (χ0n) is 13.1. The molecule has 0 saturated heterocycles. The summed E-state index contributed by atoms with van der Waals surface area (Å²) >= 11 is 0. The minimum Gasteiger partial charge on any atom is -0.328 e. The molecule has 0 spiro atoms. The number of benzene rings is 2. The molecule has 3 rings (SSSR count). The maximum absolute atomic E-state index is 4.70. The van der Waals surface area contributed by atoms with Crippen molar-refractivity contribution in [2.45, 2.75) is 40.2 Å². The topological polar surface area (TPSA) is 17.8 Å². The minimum atomic E-state index is 1.03. The Bertz CT molecular complexity index is 754. The van der Waals surface area contributed by atoms with E-state index in [0.717, 1.165) is 30.7 Å². The van der Waals surface area contributed by atoms with Gasteiger partial charge in [0.05, 0.1) is 11.0 Å². The third kappa shape index (κ3) is 2.85. The van der Waals surface area contributed by atoms with E-state index in [1.165, 1.54) is 22.2 Å². The Labute approximate surface area is 126 Å². The van der Waals surface area contributed by atoms with Crippen LogP contribution in [0.5, 0.6) is 0 Å². The van der Waals surface area contributed by atoms with Gasteiger partial charge in [0.15, 0.2) is 0 Å². The standard InChI is InChI=1S/C19H22N2/c1-14-12-18-19(13-15(14)2)21(16(3)20-18)11-7-10-17-8-5-4-6-9-17/h4-6,8-9,12-13H,7,10-11H2,1-3H3. The summed E-state index contributed by atoms with van der Waals surface area (Å²) in [5, 5.41) is 0. The first kappa shape index (κ1) is 13.9. The Morgan fingerprint density at radius 1 is 0.952 bits per heavy atom. The number of imidazole rings is 1. The molecule has 0 fully saturated rings. The van der Waals surface area contributed by atoms with Crippen molar-refractivity contribution in [2.75, 3.05) is 0 Å². The Hall–Kier alpha value is -2.09. The monoisotopic (exact) mass is 278 g/mol. The van der Waals surface area contributed by atoms with Crippen molar-refractivity contribution in [3.63, 3.8) is 0 Å². The van der Waals surface area contributed by atoms with Gasteiger partial charge in [0.25, 0.3) is 0 Å². The average Bonchev–Trinajstić information content (AvgIpc) is 2.76. The molecular weight excluding hydrogens is 256 g/mol. The summed E-state index contributed by atoms with van der Waals surface area (Å²) in [6, 6.07) is 15.2. The molecule has 0 saturated carbocycles. The van der Waals surface area contributed by atoms with Crippen molar-refractivity contribution in [2.24, 2.45) is 0 Å². The summed E-state index contributed by atoms with van der Waals surface area (Å²) < 4.78 is 2.35. The summed E-state index contributed by atoms with van der Waals surface area (Å²) in [4.78, 5) is 4.70. The molecule has 0 aliphatic rings. The van der Waals surface area contributed by atoms with Gasteiger partial charge in [-0.1, -0.05) is 30.3 Å². The maximum Gasteiger partial charge on any atom is 0.106 e. The van der Waals surface area contributed by atoms with Crippen LogP contribution in [0.4, 0.5) is 0 Å². The highest BCUT2D eigenvalue weighted by molar-refractivity contribution is 5.78. The van der Waals surface area contributed by atoms with Crippen molar-refractivity contribution in [3.8, 4) is 0 Å². The van der Waals surface area contributed by atoms with E-state index < -0.39 is 0 Å². The van der Waals surface area contributed by atoms with Gasteiger partial charge in [-0.25, -0.2) is 4.98 Å². The first-order valence-corrected chi connectivity index (χ1v) is 7.63. The summed E-state index contributed by atoms with van der Waals surface area (Å²) in [5.41, 5.74) is 6.45. The predicted molar refractivity (Wildman–Crippen MR) is 88.7 cm³/mol. The van der Waals surface area contributed by atoms with Crippen molar-refractivity contribution in [1.82, 2.24) is 9.55 Å². The lowest BCUT2D eigenvalue weighted by Crippen LogP contribution is -2.02. The van der Waals surface area contributed by atoms with Gasteiger partial charge in [-0.2, -0.15) is 0 Å². The quantitative estimate of drug-likeness (QED) is 0.682. The summed E-state index contributed by atoms with van der Waals surface area (Å²) in [6.45, 7) is 7.46. The molecule has 2 aromatic carbocycles. The second-order valence-electron chi connectivity index (χ2n) is 5.82. The molecule has 2 heteroatoms. The number of hydrogen-bond acceptors (Lipinski definition) is 1. The first-order chi connectivity index (χ1) is 10.1. The van der Waals surface area contributed by atoms with Gasteiger partial charge in [0.2, 0.25) is 0 Å². The Balaban J connectivity index is 1.80. The highest BCUT2D eigenvalue weighted by Gasteiger charge is 2.08. The normalized spacial score (nSPS) is 11.2. The lowest BCUT2D eigenvalue weighted by atomic mass is 10.1. The lowest BCUT2D eigenvalue weighted by Gasteiger charge is -2.08. The molecule has 0 aliphatic heterocycles. The maximum atomic E-state index is 4.70. The van der Waals surface area contributed by atoms with Crippen LogP contribution in [0.25, 0.3) is 11.0 Å². The van der Waals surface area contributed by atoms with E-state index in [9.17, 15) is 0 Å². The van der Waals surface area contributed by atoms with Gasteiger partial charge in [-0.15, -0.1) is 0 Å². The Kier molecular flexibility index (Phi) is 3.78. The fourth-order valence-corrected chi connectivity index (χ4v) is 2.87. The van der Waals surface area contributed by atoms with Crippen LogP contribution in [-0.2, 0) is 13.0 Å². The van der Waals surface area contributed by atoms with Crippen LogP contribution in [0, 0.1) is 20.8 Å². The van der Waals surface area contributed by atoms with E-state index in [4.69, 9.17) is 4.98 Å². The van der Waals surface area contributed by atoms with E-state index in [0.29, 0.717) is 0 Å². The Morgan fingerprint density at radius 3 is 2.43 bits per heavy atom. The van der Waals surface area contributed by atoms with E-state index in [2.05, 4.69) is 67.8 Å². The zero-order chi connectivity index (χ0) is 14.8. The summed E-state index contributed by atoms with van der Waals surface area (Å²) in [5.74, 6) is 1.11. The highest BCUT2D eigenvalue weighted by atomic mass is 15.1. The summed E-state index contributed by atoms with van der Waals surface area (Å²) in [6.07, 6.45) is 2.26. The fraction of sp³-hybridized carbons (Fsp3) is 0.316. The molecule has 1 heterocycles. The van der Waals surface area contributed by atoms with E-state index >= 15 is 0 Å². The number of rotatable bonds is 4. The van der Waals surface area contributed by atoms with Crippen LogP contribution in [-0.4, -0.2) is 9.55 Å². The molecule has 0 aliphatic carbocycles. The van der Waals surface area contributed by atoms with Crippen molar-refractivity contribution < 1.29 is 0 Å². The molecule has 108 valence electrons. The van der Waals surface area contributed by atoms with Gasteiger partial charge in [0.1, 0.15) is 5.82 Å². The van der Waals surface area contributed by atoms with Gasteiger partial charge < -0.3 is 4.57 Å². The Morgan fingerprint density at radius 2 is 1.67 bits per heavy atom. The second kappa shape index (κ2) is 5.72. The van der Waals surface area contributed by atoms with Crippen LogP contribution >= 0.6 is 0 Å². The number of aromatic nitrogens is 2. The van der Waals surface area contributed by atoms with Crippen LogP contribution in [0.1, 0.15) is 28.9 Å². The van der Waals surface area contributed by atoms with Crippen molar-refractivity contribution >= 4 is 11.0 Å². The van der Waals surface area contributed by atoms with E-state index in [1.54, 1.807) is 0 Å². The molecule has 0 atom stereocenters. The molecule has 2 nitrogen and oxygen atoms in total. The fourth-order valence-electron chi connectivity index (χ4n) is 2.87. The largest absolute Gasteiger partial charge is 0.328 e. The third-order valence-corrected chi connectivity index (χ3v) is 4.24. The molecule has 1 aromatic heterocycles. The van der Waals surface area contributed by atoms with Crippen molar-refractivity contribution in [1.29, 1.82) is 0 Å². The second-order valence-corrected chi connectivity index (χ2v) is 5.82. The van der Waals surface area contributed by atoms with E-state index in [-0.39, 0.29) is 0 Å². The third-order valence-electron chi connectivity index (χ3n) is 4.24. The van der Waals surface area contributed by atoms with Crippen LogP contribution in [0.15, 0.2) is 42.5 Å². The predicted octanol–water partition coefficient (Wildman–Crippen LogP) is 4.59. The molecule has 0 radical (unpaired) electrons. The van der Waals surface area contributed by atoms with Gasteiger partial charge in [-0.05, 0) is 62.4 Å². The number of nitrogens with zero attached hydrogens (tertiary/aromatic N) is 2. The minimum absolute atomic E-state index is 1.03. The van der Waals surface area contributed by atoms with Crippen LogP contribution in [0.3, 0.4) is 0 Å². The van der Waals surface area contributed by atoms with Crippen molar-refractivity contribution in [3.05, 3.63) is 65.0 Å². The smallest absolute Gasteiger partial charge is 0.106 e. The molecule has 0 N–H and O–H groups in total. The molecule has 21 heavy (non-hydrogen) atoms. The molecule has 0 amide bonds. The lowest BCUT2D eigenvalue weighted by molar-refractivity contribution is 0.641. The number of fused-ring (bicyclic) bond motifs is 1. The average molecular weight is 278 g/mol. The molecular formula is C19H22N2. The molecule has 0 unspecified atom stereocenters. The number of aryl methyl sites for hydroxylation is 5.